The first-order valence-electron chi connectivity index (χ1n) is 12.6. The predicted octanol–water partition coefficient (Wildman–Crippen LogP) is 4.68. The molecule has 0 spiro atoms. The van der Waals surface area contributed by atoms with Crippen LogP contribution in [0.3, 0.4) is 0 Å². The molecule has 5 nitrogen and oxygen atoms in total. The standard InChI is InChI=1S/C27H40N2O3/c1-4-5-16-23(24(30)18-21-14-10-7-11-15-21)29-25(19(2)3)26(31)28-22(27(29)32)17-20-12-8-6-9-13-20/h6,8-9,12-13,19,21-23,25H,4-5,7,10-11,14-18H2,1-3H3,(H,28,31)/t22-,23?,25-/m0/s1. The lowest BCUT2D eigenvalue weighted by molar-refractivity contribution is -0.157. The molecule has 2 amide bonds. The first-order chi connectivity index (χ1) is 15.4. The fourth-order valence-electron chi connectivity index (χ4n) is 5.39. The Morgan fingerprint density at radius 1 is 1.09 bits per heavy atom. The topological polar surface area (TPSA) is 66.5 Å². The average molecular weight is 441 g/mol. The summed E-state index contributed by atoms with van der Waals surface area (Å²) in [5, 5.41) is 2.97. The predicted molar refractivity (Wildman–Crippen MR) is 127 cm³/mol. The first-order valence-corrected chi connectivity index (χ1v) is 12.6. The van der Waals surface area contributed by atoms with Gasteiger partial charge in [0, 0.05) is 12.8 Å². The minimum Gasteiger partial charge on any atom is -0.342 e. The summed E-state index contributed by atoms with van der Waals surface area (Å²) in [7, 11) is 0. The van der Waals surface area contributed by atoms with Crippen LogP contribution in [0.2, 0.25) is 0 Å². The number of hydrogen-bond donors (Lipinski definition) is 1. The molecule has 2 fully saturated rings. The van der Waals surface area contributed by atoms with E-state index in [0.29, 0.717) is 25.2 Å². The molecule has 1 heterocycles. The van der Waals surface area contributed by atoms with Crippen LogP contribution in [-0.2, 0) is 20.8 Å². The van der Waals surface area contributed by atoms with E-state index in [2.05, 4.69) is 12.2 Å². The molecule has 1 saturated heterocycles. The fraction of sp³-hybridized carbons (Fsp3) is 0.667. The lowest BCUT2D eigenvalue weighted by Crippen LogP contribution is -2.68. The van der Waals surface area contributed by atoms with Crippen molar-refractivity contribution in [3.63, 3.8) is 0 Å². The van der Waals surface area contributed by atoms with E-state index in [0.717, 1.165) is 31.2 Å². The van der Waals surface area contributed by atoms with Crippen LogP contribution in [0.25, 0.3) is 0 Å². The van der Waals surface area contributed by atoms with Gasteiger partial charge in [-0.3, -0.25) is 14.4 Å². The first kappa shape index (κ1) is 24.5. The van der Waals surface area contributed by atoms with Crippen LogP contribution in [0, 0.1) is 11.8 Å². The van der Waals surface area contributed by atoms with E-state index in [-0.39, 0.29) is 23.5 Å². The number of carbonyl (C=O) groups is 3. The second-order valence-corrected chi connectivity index (χ2v) is 10.0. The molecule has 32 heavy (non-hydrogen) atoms. The van der Waals surface area contributed by atoms with Gasteiger partial charge in [-0.1, -0.05) is 96.0 Å². The Kier molecular flexibility index (Phi) is 8.89. The van der Waals surface area contributed by atoms with Crippen LogP contribution in [0.1, 0.15) is 84.1 Å². The number of benzene rings is 1. The van der Waals surface area contributed by atoms with Crippen LogP contribution in [-0.4, -0.2) is 40.6 Å². The van der Waals surface area contributed by atoms with Crippen LogP contribution in [0.5, 0.6) is 0 Å². The Balaban J connectivity index is 1.86. The Morgan fingerprint density at radius 2 is 1.78 bits per heavy atom. The van der Waals surface area contributed by atoms with Gasteiger partial charge in [0.05, 0.1) is 6.04 Å². The van der Waals surface area contributed by atoms with Gasteiger partial charge in [-0.15, -0.1) is 0 Å². The molecule has 2 aliphatic rings. The maximum atomic E-state index is 13.8. The van der Waals surface area contributed by atoms with Crippen molar-refractivity contribution in [2.24, 2.45) is 11.8 Å². The Morgan fingerprint density at radius 3 is 2.41 bits per heavy atom. The van der Waals surface area contributed by atoms with Gasteiger partial charge < -0.3 is 10.2 Å². The van der Waals surface area contributed by atoms with Gasteiger partial charge in [0.15, 0.2) is 5.78 Å². The van der Waals surface area contributed by atoms with Crippen molar-refractivity contribution < 1.29 is 14.4 Å². The molecule has 1 saturated carbocycles. The van der Waals surface area contributed by atoms with Crippen molar-refractivity contribution >= 4 is 17.6 Å². The minimum absolute atomic E-state index is 0.0526. The van der Waals surface area contributed by atoms with Crippen molar-refractivity contribution in [3.05, 3.63) is 35.9 Å². The molecule has 0 radical (unpaired) electrons. The number of unbranched alkanes of at least 4 members (excludes halogenated alkanes) is 1. The highest BCUT2D eigenvalue weighted by Gasteiger charge is 2.46. The number of carbonyl (C=O) groups excluding carboxylic acids is 3. The highest BCUT2D eigenvalue weighted by molar-refractivity contribution is 6.00. The minimum atomic E-state index is -0.619. The fourth-order valence-corrected chi connectivity index (χ4v) is 5.39. The second-order valence-electron chi connectivity index (χ2n) is 10.0. The van der Waals surface area contributed by atoms with Gasteiger partial charge in [0.1, 0.15) is 12.1 Å². The molecule has 3 atom stereocenters. The number of piperazine rings is 1. The molecule has 176 valence electrons. The third-order valence-electron chi connectivity index (χ3n) is 7.10. The number of rotatable bonds is 10. The highest BCUT2D eigenvalue weighted by atomic mass is 16.2. The third kappa shape index (κ3) is 5.99. The molecule has 5 heteroatoms. The van der Waals surface area contributed by atoms with Gasteiger partial charge in [0.25, 0.3) is 0 Å². The van der Waals surface area contributed by atoms with E-state index in [9.17, 15) is 14.4 Å². The molecule has 1 unspecified atom stereocenters. The second kappa shape index (κ2) is 11.6. The van der Waals surface area contributed by atoms with Gasteiger partial charge in [-0.25, -0.2) is 0 Å². The molecule has 0 bridgehead atoms. The number of Topliss-reactive ketones (excluding diaryl/α,β-unsaturated/α-hetero) is 1. The van der Waals surface area contributed by atoms with Crippen molar-refractivity contribution in [1.29, 1.82) is 0 Å². The average Bonchev–Trinajstić information content (AvgIpc) is 2.78. The lowest BCUT2D eigenvalue weighted by Gasteiger charge is -2.45. The van der Waals surface area contributed by atoms with Gasteiger partial charge in [-0.05, 0) is 23.8 Å². The smallest absolute Gasteiger partial charge is 0.246 e. The van der Waals surface area contributed by atoms with Gasteiger partial charge in [0.2, 0.25) is 11.8 Å². The molecule has 1 N–H and O–H groups in total. The molecule has 1 aliphatic heterocycles. The summed E-state index contributed by atoms with van der Waals surface area (Å²) in [6, 6.07) is 8.06. The van der Waals surface area contributed by atoms with Gasteiger partial charge >= 0.3 is 0 Å². The monoisotopic (exact) mass is 440 g/mol. The number of ketones is 1. The molecule has 3 rings (SSSR count). The summed E-state index contributed by atoms with van der Waals surface area (Å²) >= 11 is 0. The largest absolute Gasteiger partial charge is 0.342 e. The summed E-state index contributed by atoms with van der Waals surface area (Å²) in [5.41, 5.74) is 1.01. The number of nitrogens with one attached hydrogen (secondary N) is 1. The lowest BCUT2D eigenvalue weighted by atomic mass is 9.83. The van der Waals surface area contributed by atoms with E-state index in [4.69, 9.17) is 0 Å². The SMILES string of the molecule is CCCCC(C(=O)CC1CCCCC1)N1C(=O)[C@H](Cc2ccccc2)NC(=O)[C@@H]1C(C)C. The van der Waals surface area contributed by atoms with Crippen LogP contribution < -0.4 is 5.32 Å². The third-order valence-corrected chi connectivity index (χ3v) is 7.10. The van der Waals surface area contributed by atoms with E-state index >= 15 is 0 Å². The normalized spacial score (nSPS) is 23.3. The molecular weight excluding hydrogens is 400 g/mol. The van der Waals surface area contributed by atoms with Crippen molar-refractivity contribution in [2.75, 3.05) is 0 Å². The number of nitrogens with zero attached hydrogens (tertiary/aromatic N) is 1. The van der Waals surface area contributed by atoms with Crippen molar-refractivity contribution in [2.45, 2.75) is 103 Å². The Hall–Kier alpha value is -2.17. The summed E-state index contributed by atoms with van der Waals surface area (Å²) in [4.78, 5) is 42.2. The van der Waals surface area contributed by atoms with E-state index in [1.165, 1.54) is 19.3 Å². The van der Waals surface area contributed by atoms with E-state index in [1.807, 2.05) is 44.2 Å². The van der Waals surface area contributed by atoms with Gasteiger partial charge in [-0.2, -0.15) is 0 Å². The van der Waals surface area contributed by atoms with E-state index in [1.54, 1.807) is 4.90 Å². The summed E-state index contributed by atoms with van der Waals surface area (Å²) in [5.74, 6) is 0.283. The molecule has 1 aromatic carbocycles. The zero-order valence-corrected chi connectivity index (χ0v) is 20.0. The number of hydrogen-bond acceptors (Lipinski definition) is 3. The Labute approximate surface area is 193 Å². The van der Waals surface area contributed by atoms with Crippen molar-refractivity contribution in [3.8, 4) is 0 Å². The Bertz CT molecular complexity index is 770. The highest BCUT2D eigenvalue weighted by Crippen LogP contribution is 2.30. The summed E-state index contributed by atoms with van der Waals surface area (Å²) in [6.07, 6.45) is 9.30. The zero-order valence-electron chi connectivity index (χ0n) is 20.0. The van der Waals surface area contributed by atoms with Crippen LogP contribution >= 0.6 is 0 Å². The van der Waals surface area contributed by atoms with Crippen LogP contribution in [0.15, 0.2) is 30.3 Å². The van der Waals surface area contributed by atoms with Crippen LogP contribution in [0.4, 0.5) is 0 Å². The maximum Gasteiger partial charge on any atom is 0.246 e. The number of amides is 2. The summed E-state index contributed by atoms with van der Waals surface area (Å²) in [6.45, 7) is 6.03. The van der Waals surface area contributed by atoms with E-state index < -0.39 is 18.1 Å². The maximum absolute atomic E-state index is 13.8. The molecule has 1 aromatic rings. The molecule has 0 aromatic heterocycles. The zero-order chi connectivity index (χ0) is 23.1. The molecule has 1 aliphatic carbocycles. The molecular formula is C27H40N2O3. The quantitative estimate of drug-likeness (QED) is 0.574. The summed E-state index contributed by atoms with van der Waals surface area (Å²) < 4.78 is 0. The van der Waals surface area contributed by atoms with Crippen molar-refractivity contribution in [1.82, 2.24) is 10.2 Å².